The number of hydrogen-bond donors (Lipinski definition) is 2. The maximum Gasteiger partial charge on any atom is 0.410 e. The first-order chi connectivity index (χ1) is 8.39. The lowest BCUT2D eigenvalue weighted by Gasteiger charge is -2.29. The highest BCUT2D eigenvalue weighted by molar-refractivity contribution is 5.68. The molecule has 0 radical (unpaired) electrons. The molecule has 2 rings (SSSR count). The topological polar surface area (TPSA) is 65.6 Å². The highest BCUT2D eigenvalue weighted by atomic mass is 16.6. The van der Waals surface area contributed by atoms with E-state index < -0.39 is 5.60 Å². The zero-order valence-electron chi connectivity index (χ0n) is 11.1. The Bertz CT molecular complexity index is 446. The van der Waals surface area contributed by atoms with Gasteiger partial charge in [-0.05, 0) is 32.4 Å². The molecule has 2 N–H and O–H groups in total. The van der Waals surface area contributed by atoms with Crippen molar-refractivity contribution in [2.45, 2.75) is 45.9 Å². The van der Waals surface area contributed by atoms with Crippen LogP contribution in [0.25, 0.3) is 0 Å². The Hall–Kier alpha value is -1.49. The van der Waals surface area contributed by atoms with Crippen molar-refractivity contribution in [3.63, 3.8) is 0 Å². The molecular weight excluding hydrogens is 232 g/mol. The van der Waals surface area contributed by atoms with Crippen LogP contribution in [0.4, 0.5) is 4.79 Å². The molecule has 5 heteroatoms. The molecule has 0 bridgehead atoms. The number of hydrogen-bond acceptors (Lipinski definition) is 3. The zero-order chi connectivity index (χ0) is 13.3. The summed E-state index contributed by atoms with van der Waals surface area (Å²) in [5.74, 6) is 0. The fraction of sp³-hybridized carbons (Fsp3) is 0.615. The maximum atomic E-state index is 11.9. The molecule has 1 aliphatic rings. The van der Waals surface area contributed by atoms with Crippen LogP contribution in [-0.2, 0) is 24.3 Å². The van der Waals surface area contributed by atoms with Crippen LogP contribution in [0.2, 0.25) is 0 Å². The third-order valence-corrected chi connectivity index (χ3v) is 2.86. The van der Waals surface area contributed by atoms with E-state index in [0.29, 0.717) is 13.1 Å². The molecule has 1 amide bonds. The van der Waals surface area contributed by atoms with E-state index in [9.17, 15) is 4.79 Å². The molecule has 0 spiro atoms. The number of fused-ring (bicyclic) bond motifs is 1. The van der Waals surface area contributed by atoms with E-state index in [2.05, 4.69) is 4.98 Å². The van der Waals surface area contributed by atoms with Crippen molar-refractivity contribution in [1.82, 2.24) is 9.88 Å². The van der Waals surface area contributed by atoms with E-state index in [0.717, 1.165) is 23.4 Å². The number of nitrogens with zero attached hydrogens (tertiary/aromatic N) is 1. The summed E-state index contributed by atoms with van der Waals surface area (Å²) in [6, 6.07) is 1.91. The lowest BCUT2D eigenvalue weighted by Crippen LogP contribution is -2.39. The van der Waals surface area contributed by atoms with Crippen LogP contribution in [0.3, 0.4) is 0 Å². The third-order valence-electron chi connectivity index (χ3n) is 2.86. The van der Waals surface area contributed by atoms with E-state index in [1.165, 1.54) is 0 Å². The van der Waals surface area contributed by atoms with Gasteiger partial charge in [0.25, 0.3) is 0 Å². The van der Waals surface area contributed by atoms with Gasteiger partial charge in [-0.1, -0.05) is 0 Å². The number of aromatic nitrogens is 1. The standard InChI is InChI=1S/C13H20N2O3/c1-13(2,3)18-12(17)15-5-4-11-9(7-15)6-10(8-16)14-11/h6,14,16H,4-5,7-8H2,1-3H3. The van der Waals surface area contributed by atoms with E-state index in [1.54, 1.807) is 4.90 Å². The summed E-state index contributed by atoms with van der Waals surface area (Å²) in [5, 5.41) is 9.08. The monoisotopic (exact) mass is 252 g/mol. The third kappa shape index (κ3) is 2.85. The maximum absolute atomic E-state index is 11.9. The molecule has 1 aliphatic heterocycles. The SMILES string of the molecule is CC(C)(C)OC(=O)N1CCc2[nH]c(CO)cc2C1. The van der Waals surface area contributed by atoms with Crippen LogP contribution in [0.5, 0.6) is 0 Å². The second-order valence-electron chi connectivity index (χ2n) is 5.61. The molecule has 100 valence electrons. The van der Waals surface area contributed by atoms with Gasteiger partial charge in [-0.15, -0.1) is 0 Å². The number of H-pyrrole nitrogens is 1. The molecule has 0 fully saturated rings. The number of carbonyl (C=O) groups is 1. The second-order valence-corrected chi connectivity index (χ2v) is 5.61. The highest BCUT2D eigenvalue weighted by Crippen LogP contribution is 2.21. The summed E-state index contributed by atoms with van der Waals surface area (Å²) in [4.78, 5) is 16.8. The summed E-state index contributed by atoms with van der Waals surface area (Å²) in [6.45, 7) is 6.77. The van der Waals surface area contributed by atoms with E-state index in [-0.39, 0.29) is 12.7 Å². The smallest absolute Gasteiger partial charge is 0.410 e. The van der Waals surface area contributed by atoms with Gasteiger partial charge in [0.1, 0.15) is 5.60 Å². The van der Waals surface area contributed by atoms with Gasteiger partial charge < -0.3 is 19.7 Å². The zero-order valence-corrected chi connectivity index (χ0v) is 11.1. The van der Waals surface area contributed by atoms with Crippen molar-refractivity contribution in [2.75, 3.05) is 6.54 Å². The highest BCUT2D eigenvalue weighted by Gasteiger charge is 2.26. The van der Waals surface area contributed by atoms with Crippen LogP contribution in [0.1, 0.15) is 37.7 Å². The van der Waals surface area contributed by atoms with Crippen molar-refractivity contribution >= 4 is 6.09 Å². The van der Waals surface area contributed by atoms with Crippen molar-refractivity contribution in [1.29, 1.82) is 0 Å². The molecule has 0 unspecified atom stereocenters. The quantitative estimate of drug-likeness (QED) is 0.801. The summed E-state index contributed by atoms with van der Waals surface area (Å²) in [7, 11) is 0. The molecule has 5 nitrogen and oxygen atoms in total. The van der Waals surface area contributed by atoms with Crippen LogP contribution < -0.4 is 0 Å². The molecule has 0 saturated heterocycles. The molecule has 2 heterocycles. The Balaban J connectivity index is 2.05. The lowest BCUT2D eigenvalue weighted by atomic mass is 10.1. The molecule has 0 saturated carbocycles. The Morgan fingerprint density at radius 2 is 2.28 bits per heavy atom. The molecule has 1 aromatic heterocycles. The number of aromatic amines is 1. The fourth-order valence-electron chi connectivity index (χ4n) is 2.07. The summed E-state index contributed by atoms with van der Waals surface area (Å²) < 4.78 is 5.35. The average molecular weight is 252 g/mol. The first-order valence-corrected chi connectivity index (χ1v) is 6.17. The van der Waals surface area contributed by atoms with Gasteiger partial charge in [-0.3, -0.25) is 0 Å². The minimum atomic E-state index is -0.467. The number of carbonyl (C=O) groups excluding carboxylic acids is 1. The Morgan fingerprint density at radius 1 is 1.56 bits per heavy atom. The predicted octanol–water partition coefficient (Wildman–Crippen LogP) is 1.80. The van der Waals surface area contributed by atoms with E-state index >= 15 is 0 Å². The minimum absolute atomic E-state index is 0.000558. The summed E-state index contributed by atoms with van der Waals surface area (Å²) in [5.41, 5.74) is 2.51. The van der Waals surface area contributed by atoms with E-state index in [1.807, 2.05) is 26.8 Å². The Kier molecular flexibility index (Phi) is 3.34. The van der Waals surface area contributed by atoms with Gasteiger partial charge in [0.05, 0.1) is 13.2 Å². The van der Waals surface area contributed by atoms with Gasteiger partial charge >= 0.3 is 6.09 Å². The molecule has 0 atom stereocenters. The van der Waals surface area contributed by atoms with Gasteiger partial charge in [-0.25, -0.2) is 4.79 Å². The molecule has 1 aromatic rings. The van der Waals surface area contributed by atoms with Crippen LogP contribution in [0, 0.1) is 0 Å². The minimum Gasteiger partial charge on any atom is -0.444 e. The number of amides is 1. The number of aliphatic hydroxyl groups excluding tert-OH is 1. The van der Waals surface area contributed by atoms with Crippen LogP contribution in [-0.4, -0.2) is 33.2 Å². The Morgan fingerprint density at radius 3 is 2.89 bits per heavy atom. The van der Waals surface area contributed by atoms with Gasteiger partial charge in [0.2, 0.25) is 0 Å². The number of nitrogens with one attached hydrogen (secondary N) is 1. The van der Waals surface area contributed by atoms with Gasteiger partial charge in [-0.2, -0.15) is 0 Å². The van der Waals surface area contributed by atoms with Gasteiger partial charge in [0, 0.05) is 24.4 Å². The molecule has 0 aromatic carbocycles. The first-order valence-electron chi connectivity index (χ1n) is 6.17. The number of rotatable bonds is 1. The normalized spacial score (nSPS) is 15.4. The van der Waals surface area contributed by atoms with Crippen molar-refractivity contribution in [2.24, 2.45) is 0 Å². The second kappa shape index (κ2) is 4.65. The van der Waals surface area contributed by atoms with Crippen LogP contribution in [0.15, 0.2) is 6.07 Å². The fourth-order valence-corrected chi connectivity index (χ4v) is 2.07. The van der Waals surface area contributed by atoms with E-state index in [4.69, 9.17) is 9.84 Å². The first kappa shape index (κ1) is 13.0. The average Bonchev–Trinajstić information content (AvgIpc) is 2.68. The molecule has 18 heavy (non-hydrogen) atoms. The van der Waals surface area contributed by atoms with Crippen molar-refractivity contribution in [3.8, 4) is 0 Å². The predicted molar refractivity (Wildman–Crippen MR) is 67.1 cm³/mol. The molecular formula is C13H20N2O3. The lowest BCUT2D eigenvalue weighted by molar-refractivity contribution is 0.0223. The Labute approximate surface area is 107 Å². The largest absolute Gasteiger partial charge is 0.444 e. The van der Waals surface area contributed by atoms with Crippen molar-refractivity contribution in [3.05, 3.63) is 23.0 Å². The van der Waals surface area contributed by atoms with Crippen LogP contribution >= 0.6 is 0 Å². The molecule has 0 aliphatic carbocycles. The van der Waals surface area contributed by atoms with Crippen molar-refractivity contribution < 1.29 is 14.6 Å². The summed E-state index contributed by atoms with van der Waals surface area (Å²) in [6.07, 6.45) is 0.495. The number of aliphatic hydroxyl groups is 1. The summed E-state index contributed by atoms with van der Waals surface area (Å²) >= 11 is 0. The van der Waals surface area contributed by atoms with Gasteiger partial charge in [0.15, 0.2) is 0 Å². The number of ether oxygens (including phenoxy) is 1.